The van der Waals surface area contributed by atoms with E-state index >= 15 is 0 Å². The van der Waals surface area contributed by atoms with Gasteiger partial charge in [0.1, 0.15) is 0 Å². The van der Waals surface area contributed by atoms with Gasteiger partial charge in [0.05, 0.1) is 17.8 Å². The molecular formula is C10H9N2. The summed E-state index contributed by atoms with van der Waals surface area (Å²) in [6.07, 6.45) is 7.18. The highest BCUT2D eigenvalue weighted by atomic mass is 14.7. The van der Waals surface area contributed by atoms with E-state index < -0.39 is 0 Å². The van der Waals surface area contributed by atoms with Crippen molar-refractivity contribution >= 4 is 0 Å². The number of fused-ring (bicyclic) bond motifs is 1. The second-order valence-electron chi connectivity index (χ2n) is 3.04. The van der Waals surface area contributed by atoms with Crippen molar-refractivity contribution in [2.75, 3.05) is 0 Å². The number of rotatable bonds is 0. The number of nitrogens with zero attached hydrogens (tertiary/aromatic N) is 2. The Morgan fingerprint density at radius 1 is 1.42 bits per heavy atom. The Hall–Kier alpha value is -1.36. The van der Waals surface area contributed by atoms with Crippen LogP contribution in [0, 0.1) is 17.5 Å². The van der Waals surface area contributed by atoms with Gasteiger partial charge in [-0.3, -0.25) is 4.98 Å². The van der Waals surface area contributed by atoms with Crippen molar-refractivity contribution in [3.8, 4) is 6.07 Å². The molecule has 0 fully saturated rings. The lowest BCUT2D eigenvalue weighted by Gasteiger charge is -2.14. The van der Waals surface area contributed by atoms with Gasteiger partial charge in [-0.25, -0.2) is 0 Å². The molecule has 1 radical (unpaired) electrons. The van der Waals surface area contributed by atoms with E-state index in [1.807, 2.05) is 0 Å². The minimum absolute atomic E-state index is 0.764. The van der Waals surface area contributed by atoms with Gasteiger partial charge in [-0.15, -0.1) is 0 Å². The van der Waals surface area contributed by atoms with Crippen LogP contribution in [0.5, 0.6) is 0 Å². The predicted octanol–water partition coefficient (Wildman–Crippen LogP) is 1.63. The zero-order chi connectivity index (χ0) is 8.39. The smallest absolute Gasteiger partial charge is 0.0996 e. The molecule has 0 amide bonds. The second kappa shape index (κ2) is 2.94. The van der Waals surface area contributed by atoms with Gasteiger partial charge in [-0.1, -0.05) is 0 Å². The third-order valence-electron chi connectivity index (χ3n) is 2.29. The first-order chi connectivity index (χ1) is 5.92. The Morgan fingerprint density at radius 3 is 3.08 bits per heavy atom. The van der Waals surface area contributed by atoms with Gasteiger partial charge in [0.15, 0.2) is 0 Å². The van der Waals surface area contributed by atoms with Crippen LogP contribution in [0.15, 0.2) is 6.07 Å². The summed E-state index contributed by atoms with van der Waals surface area (Å²) in [5, 5.41) is 8.80. The maximum absolute atomic E-state index is 8.80. The molecule has 2 nitrogen and oxygen atoms in total. The van der Waals surface area contributed by atoms with Crippen LogP contribution in [0.2, 0.25) is 0 Å². The molecule has 59 valence electrons. The molecule has 0 aromatic carbocycles. The van der Waals surface area contributed by atoms with Crippen LogP contribution in [0.25, 0.3) is 0 Å². The average Bonchev–Trinajstić information content (AvgIpc) is 2.17. The van der Waals surface area contributed by atoms with E-state index in [0.29, 0.717) is 0 Å². The van der Waals surface area contributed by atoms with E-state index in [2.05, 4.69) is 17.3 Å². The normalized spacial score (nSPS) is 14.9. The predicted molar refractivity (Wildman–Crippen MR) is 44.4 cm³/mol. The van der Waals surface area contributed by atoms with Crippen LogP contribution < -0.4 is 0 Å². The Kier molecular flexibility index (Phi) is 1.79. The lowest BCUT2D eigenvalue weighted by molar-refractivity contribution is 0.665. The van der Waals surface area contributed by atoms with Gasteiger partial charge in [-0.2, -0.15) is 5.26 Å². The molecule has 12 heavy (non-hydrogen) atoms. The topological polar surface area (TPSA) is 36.7 Å². The molecule has 1 aliphatic carbocycles. The molecule has 0 saturated heterocycles. The first kappa shape index (κ1) is 7.30. The Morgan fingerprint density at radius 2 is 2.25 bits per heavy atom. The molecule has 1 aromatic rings. The van der Waals surface area contributed by atoms with Gasteiger partial charge in [-0.05, 0) is 37.3 Å². The van der Waals surface area contributed by atoms with Crippen molar-refractivity contribution in [2.24, 2.45) is 0 Å². The molecule has 2 rings (SSSR count). The maximum Gasteiger partial charge on any atom is 0.0996 e. The highest BCUT2D eigenvalue weighted by molar-refractivity contribution is 5.40. The average molecular weight is 157 g/mol. The molecule has 0 atom stereocenters. The highest BCUT2D eigenvalue weighted by Gasteiger charge is 2.13. The molecule has 0 spiro atoms. The zero-order valence-electron chi connectivity index (χ0n) is 6.80. The number of hydrogen-bond donors (Lipinski definition) is 0. The third-order valence-corrected chi connectivity index (χ3v) is 2.29. The van der Waals surface area contributed by atoms with Crippen LogP contribution in [0.4, 0.5) is 0 Å². The summed E-state index contributed by atoms with van der Waals surface area (Å²) in [5.41, 5.74) is 3.00. The third kappa shape index (κ3) is 1.08. The Balaban J connectivity index is 2.53. The maximum atomic E-state index is 8.80. The molecule has 2 heteroatoms. The van der Waals surface area contributed by atoms with E-state index in [1.54, 1.807) is 6.07 Å². The lowest BCUT2D eigenvalue weighted by Crippen LogP contribution is -2.07. The van der Waals surface area contributed by atoms with Crippen molar-refractivity contribution in [3.05, 3.63) is 29.1 Å². The van der Waals surface area contributed by atoms with Crippen LogP contribution in [-0.2, 0) is 12.8 Å². The Labute approximate surface area is 71.9 Å². The van der Waals surface area contributed by atoms with E-state index in [4.69, 9.17) is 5.26 Å². The van der Waals surface area contributed by atoms with E-state index in [1.165, 1.54) is 12.8 Å². The highest BCUT2D eigenvalue weighted by Crippen LogP contribution is 2.21. The number of hydrogen-bond acceptors (Lipinski definition) is 2. The van der Waals surface area contributed by atoms with E-state index in [0.717, 1.165) is 29.7 Å². The summed E-state index contributed by atoms with van der Waals surface area (Å²) in [6.45, 7) is 0. The molecule has 0 N–H and O–H groups in total. The fourth-order valence-electron chi connectivity index (χ4n) is 1.66. The number of nitriles is 1. The fourth-order valence-corrected chi connectivity index (χ4v) is 1.66. The van der Waals surface area contributed by atoms with Gasteiger partial charge in [0, 0.05) is 5.69 Å². The SMILES string of the molecule is N#Cc1c[c]nc2c1CCCC2. The largest absolute Gasteiger partial charge is 0.251 e. The summed E-state index contributed by atoms with van der Waals surface area (Å²) in [6, 6.07) is 3.87. The molecule has 1 aliphatic rings. The summed E-state index contributed by atoms with van der Waals surface area (Å²) in [5.74, 6) is 0. The van der Waals surface area contributed by atoms with Crippen molar-refractivity contribution in [3.63, 3.8) is 0 Å². The summed E-state index contributed by atoms with van der Waals surface area (Å²) >= 11 is 0. The zero-order valence-corrected chi connectivity index (χ0v) is 6.80. The number of aromatic nitrogens is 1. The molecule has 1 heterocycles. The van der Waals surface area contributed by atoms with Gasteiger partial charge in [0.25, 0.3) is 0 Å². The van der Waals surface area contributed by atoms with Crippen LogP contribution >= 0.6 is 0 Å². The number of aryl methyl sites for hydroxylation is 1. The van der Waals surface area contributed by atoms with E-state index in [9.17, 15) is 0 Å². The molecule has 0 saturated carbocycles. The second-order valence-corrected chi connectivity index (χ2v) is 3.04. The van der Waals surface area contributed by atoms with Crippen LogP contribution in [0.1, 0.15) is 29.7 Å². The Bertz CT molecular complexity index is 336. The minimum atomic E-state index is 0.764. The van der Waals surface area contributed by atoms with Crippen LogP contribution in [0.3, 0.4) is 0 Å². The molecule has 0 unspecified atom stereocenters. The van der Waals surface area contributed by atoms with Gasteiger partial charge in [0.2, 0.25) is 0 Å². The van der Waals surface area contributed by atoms with Crippen molar-refractivity contribution < 1.29 is 0 Å². The standard InChI is InChI=1S/C10H9N2/c11-7-8-5-6-12-10-4-2-1-3-9(8)10/h5H,1-4H2. The molecule has 0 aliphatic heterocycles. The molecule has 1 aromatic heterocycles. The monoisotopic (exact) mass is 157 g/mol. The van der Waals surface area contributed by atoms with Gasteiger partial charge < -0.3 is 0 Å². The summed E-state index contributed by atoms with van der Waals surface area (Å²) in [4.78, 5) is 4.15. The van der Waals surface area contributed by atoms with Crippen molar-refractivity contribution in [1.29, 1.82) is 5.26 Å². The number of pyridine rings is 1. The fraction of sp³-hybridized carbons (Fsp3) is 0.400. The van der Waals surface area contributed by atoms with Crippen molar-refractivity contribution in [2.45, 2.75) is 25.7 Å². The lowest BCUT2D eigenvalue weighted by atomic mass is 9.93. The van der Waals surface area contributed by atoms with Crippen molar-refractivity contribution in [1.82, 2.24) is 4.98 Å². The van der Waals surface area contributed by atoms with Crippen LogP contribution in [-0.4, -0.2) is 4.98 Å². The first-order valence-electron chi connectivity index (χ1n) is 4.21. The first-order valence-corrected chi connectivity index (χ1v) is 4.21. The van der Waals surface area contributed by atoms with Gasteiger partial charge >= 0.3 is 0 Å². The minimum Gasteiger partial charge on any atom is -0.251 e. The summed E-state index contributed by atoms with van der Waals surface area (Å²) < 4.78 is 0. The summed E-state index contributed by atoms with van der Waals surface area (Å²) in [7, 11) is 0. The van der Waals surface area contributed by atoms with E-state index in [-0.39, 0.29) is 0 Å². The molecular weight excluding hydrogens is 148 g/mol. The quantitative estimate of drug-likeness (QED) is 0.574. The molecule has 0 bridgehead atoms.